The van der Waals surface area contributed by atoms with E-state index in [-0.39, 0.29) is 5.84 Å². The van der Waals surface area contributed by atoms with E-state index in [4.69, 9.17) is 10.9 Å². The third-order valence-electron chi connectivity index (χ3n) is 4.59. The molecule has 1 fully saturated rings. The maximum atomic E-state index is 9.06. The molecule has 0 bridgehead atoms. The lowest BCUT2D eigenvalue weighted by molar-refractivity contribution is 0.318. The molecule has 6 nitrogen and oxygen atoms in total. The van der Waals surface area contributed by atoms with Gasteiger partial charge in [0.25, 0.3) is 0 Å². The molecule has 1 aromatic heterocycles. The van der Waals surface area contributed by atoms with Gasteiger partial charge in [-0.1, -0.05) is 24.9 Å². The van der Waals surface area contributed by atoms with E-state index < -0.39 is 0 Å². The first-order chi connectivity index (χ1) is 9.95. The van der Waals surface area contributed by atoms with Crippen LogP contribution in [0.15, 0.2) is 5.16 Å². The van der Waals surface area contributed by atoms with E-state index in [1.807, 2.05) is 20.9 Å². The van der Waals surface area contributed by atoms with Crippen LogP contribution >= 0.6 is 0 Å². The Morgan fingerprint density at radius 2 is 2.05 bits per heavy atom. The van der Waals surface area contributed by atoms with Gasteiger partial charge in [0.05, 0.1) is 11.3 Å². The van der Waals surface area contributed by atoms with E-state index in [2.05, 4.69) is 27.2 Å². The Bertz CT molecular complexity index is 543. The van der Waals surface area contributed by atoms with E-state index in [1.54, 1.807) is 0 Å². The van der Waals surface area contributed by atoms with Gasteiger partial charge in [0.1, 0.15) is 0 Å². The third kappa shape index (κ3) is 3.09. The molecule has 6 heteroatoms. The Hall–Kier alpha value is -1.85. The number of amidine groups is 1. The summed E-state index contributed by atoms with van der Waals surface area (Å²) in [5.41, 5.74) is 8.26. The van der Waals surface area contributed by atoms with Crippen molar-refractivity contribution in [2.75, 3.05) is 11.9 Å². The van der Waals surface area contributed by atoms with Crippen molar-refractivity contribution in [3.63, 3.8) is 0 Å². The zero-order chi connectivity index (χ0) is 15.6. The summed E-state index contributed by atoms with van der Waals surface area (Å²) in [6.07, 6.45) is 4.80. The molecule has 1 aromatic rings. The predicted octanol–water partition coefficient (Wildman–Crippen LogP) is 2.20. The molecule has 3 N–H and O–H groups in total. The fourth-order valence-corrected chi connectivity index (χ4v) is 3.13. The Labute approximate surface area is 126 Å². The van der Waals surface area contributed by atoms with Crippen LogP contribution in [0.2, 0.25) is 0 Å². The van der Waals surface area contributed by atoms with E-state index in [0.717, 1.165) is 30.0 Å². The Balaban J connectivity index is 2.41. The molecule has 0 aliphatic heterocycles. The van der Waals surface area contributed by atoms with Crippen molar-refractivity contribution < 1.29 is 5.21 Å². The third-order valence-corrected chi connectivity index (χ3v) is 4.59. The van der Waals surface area contributed by atoms with Crippen molar-refractivity contribution in [3.05, 3.63) is 16.8 Å². The van der Waals surface area contributed by atoms with Gasteiger partial charge in [-0.2, -0.15) is 5.10 Å². The molecule has 0 radical (unpaired) electrons. The molecule has 2 atom stereocenters. The largest absolute Gasteiger partial charge is 0.409 e. The number of anilines is 1. The highest BCUT2D eigenvalue weighted by Gasteiger charge is 2.27. The summed E-state index contributed by atoms with van der Waals surface area (Å²) < 4.78 is 0. The average Bonchev–Trinajstić information content (AvgIpc) is 2.48. The highest BCUT2D eigenvalue weighted by atomic mass is 16.4. The van der Waals surface area contributed by atoms with Crippen LogP contribution in [0.4, 0.5) is 5.82 Å². The van der Waals surface area contributed by atoms with Crippen LogP contribution in [0.25, 0.3) is 0 Å². The lowest BCUT2D eigenvalue weighted by Gasteiger charge is -2.35. The van der Waals surface area contributed by atoms with Gasteiger partial charge in [-0.25, -0.2) is 0 Å². The maximum Gasteiger partial charge on any atom is 0.174 e. The van der Waals surface area contributed by atoms with Crippen LogP contribution in [0.3, 0.4) is 0 Å². The first-order valence-corrected chi connectivity index (χ1v) is 7.50. The first kappa shape index (κ1) is 15.5. The monoisotopic (exact) mass is 291 g/mol. The van der Waals surface area contributed by atoms with Crippen LogP contribution in [0, 0.1) is 19.8 Å². The smallest absolute Gasteiger partial charge is 0.174 e. The zero-order valence-corrected chi connectivity index (χ0v) is 13.3. The van der Waals surface area contributed by atoms with E-state index >= 15 is 0 Å². The summed E-state index contributed by atoms with van der Waals surface area (Å²) in [4.78, 5) is 2.14. The Morgan fingerprint density at radius 1 is 1.33 bits per heavy atom. The summed E-state index contributed by atoms with van der Waals surface area (Å²) >= 11 is 0. The van der Waals surface area contributed by atoms with Crippen molar-refractivity contribution >= 4 is 11.7 Å². The van der Waals surface area contributed by atoms with Gasteiger partial charge in [0.15, 0.2) is 11.7 Å². The van der Waals surface area contributed by atoms with Gasteiger partial charge in [-0.15, -0.1) is 5.10 Å². The molecule has 21 heavy (non-hydrogen) atoms. The molecule has 2 rings (SSSR count). The first-order valence-electron chi connectivity index (χ1n) is 7.50. The summed E-state index contributed by atoms with van der Waals surface area (Å²) in [5.74, 6) is 1.52. The number of rotatable bonds is 3. The molecule has 2 unspecified atom stereocenters. The van der Waals surface area contributed by atoms with Gasteiger partial charge in [0, 0.05) is 13.1 Å². The van der Waals surface area contributed by atoms with Crippen LogP contribution in [0.5, 0.6) is 0 Å². The molecule has 1 aliphatic rings. The highest BCUT2D eigenvalue weighted by molar-refractivity contribution is 6.02. The summed E-state index contributed by atoms with van der Waals surface area (Å²) in [6.45, 7) is 6.09. The molecule has 116 valence electrons. The fourth-order valence-electron chi connectivity index (χ4n) is 3.13. The second-order valence-corrected chi connectivity index (χ2v) is 6.13. The number of aryl methyl sites for hydroxylation is 1. The minimum absolute atomic E-state index is 0.0937. The Morgan fingerprint density at radius 3 is 2.67 bits per heavy atom. The SMILES string of the molecule is Cc1nnc(N(C)C2CCCC(C)C2)c(C(N)=NO)c1C. The summed E-state index contributed by atoms with van der Waals surface area (Å²) in [7, 11) is 2.02. The van der Waals surface area contributed by atoms with Gasteiger partial charge < -0.3 is 15.8 Å². The minimum atomic E-state index is 0.0937. The molecule has 1 aliphatic carbocycles. The van der Waals surface area contributed by atoms with Crippen LogP contribution in [0.1, 0.15) is 49.4 Å². The summed E-state index contributed by atoms with van der Waals surface area (Å²) in [5, 5.41) is 20.7. The molecule has 1 heterocycles. The number of hydrogen-bond donors (Lipinski definition) is 2. The van der Waals surface area contributed by atoms with Gasteiger partial charge in [-0.3, -0.25) is 0 Å². The standard InChI is InChI=1S/C15H25N5O/c1-9-6-5-7-12(8-9)20(4)15-13(14(16)19-21)10(2)11(3)17-18-15/h9,12,21H,5-8H2,1-4H3,(H2,16,19). The quantitative estimate of drug-likeness (QED) is 0.386. The van der Waals surface area contributed by atoms with Crippen molar-refractivity contribution in [3.8, 4) is 0 Å². The van der Waals surface area contributed by atoms with Crippen LogP contribution < -0.4 is 10.6 Å². The molecule has 0 saturated heterocycles. The van der Waals surface area contributed by atoms with E-state index in [9.17, 15) is 0 Å². The number of oxime groups is 1. The van der Waals surface area contributed by atoms with Gasteiger partial charge >= 0.3 is 0 Å². The molecule has 1 saturated carbocycles. The topological polar surface area (TPSA) is 87.6 Å². The van der Waals surface area contributed by atoms with Crippen molar-refractivity contribution in [1.82, 2.24) is 10.2 Å². The molecular formula is C15H25N5O. The van der Waals surface area contributed by atoms with Gasteiger partial charge in [0.2, 0.25) is 0 Å². The van der Waals surface area contributed by atoms with Crippen LogP contribution in [-0.4, -0.2) is 34.3 Å². The predicted molar refractivity (Wildman–Crippen MR) is 83.8 cm³/mol. The second kappa shape index (κ2) is 6.28. The number of nitrogens with two attached hydrogens (primary N) is 1. The molecular weight excluding hydrogens is 266 g/mol. The number of aromatic nitrogens is 2. The number of hydrogen-bond acceptors (Lipinski definition) is 5. The zero-order valence-electron chi connectivity index (χ0n) is 13.3. The maximum absolute atomic E-state index is 9.06. The lowest BCUT2D eigenvalue weighted by Crippen LogP contribution is -2.38. The normalized spacial score (nSPS) is 23.1. The Kier molecular flexibility index (Phi) is 4.65. The van der Waals surface area contributed by atoms with Gasteiger partial charge in [-0.05, 0) is 38.2 Å². The fraction of sp³-hybridized carbons (Fsp3) is 0.667. The van der Waals surface area contributed by atoms with Crippen LogP contribution in [-0.2, 0) is 0 Å². The number of nitrogens with zero attached hydrogens (tertiary/aromatic N) is 4. The van der Waals surface area contributed by atoms with Crippen molar-refractivity contribution in [1.29, 1.82) is 0 Å². The molecule has 0 aromatic carbocycles. The van der Waals surface area contributed by atoms with Crippen molar-refractivity contribution in [2.45, 2.75) is 52.5 Å². The lowest BCUT2D eigenvalue weighted by atomic mass is 9.86. The van der Waals surface area contributed by atoms with Crippen molar-refractivity contribution in [2.24, 2.45) is 16.8 Å². The molecule has 0 amide bonds. The summed E-state index contributed by atoms with van der Waals surface area (Å²) in [6, 6.07) is 0.426. The van der Waals surface area contributed by atoms with E-state index in [1.165, 1.54) is 12.8 Å². The molecule has 0 spiro atoms. The highest BCUT2D eigenvalue weighted by Crippen LogP contribution is 2.31. The second-order valence-electron chi connectivity index (χ2n) is 6.13. The van der Waals surface area contributed by atoms with E-state index in [0.29, 0.717) is 17.4 Å². The minimum Gasteiger partial charge on any atom is -0.409 e. The average molecular weight is 291 g/mol.